The molecule has 1 nitrogen and oxygen atoms in total. The molecule has 130 valence electrons. The van der Waals surface area contributed by atoms with Gasteiger partial charge in [-0.3, -0.25) is 0 Å². The Kier molecular flexibility index (Phi) is 13.3. The highest BCUT2D eigenvalue weighted by atomic mass is 15.0. The van der Waals surface area contributed by atoms with Gasteiger partial charge in [0, 0.05) is 17.1 Å². The van der Waals surface area contributed by atoms with Crippen molar-refractivity contribution < 1.29 is 0 Å². The molecule has 0 radical (unpaired) electrons. The fraction of sp³-hybridized carbons (Fsp3) is 0.714. The van der Waals surface area contributed by atoms with Gasteiger partial charge in [0.1, 0.15) is 0 Å². The van der Waals surface area contributed by atoms with Gasteiger partial charge in [0.15, 0.2) is 0 Å². The third kappa shape index (κ3) is 7.87. The normalized spacial score (nSPS) is 16.8. The number of hydrogen-bond donors (Lipinski definition) is 1. The molecule has 0 aromatic heterocycles. The molecule has 1 aliphatic rings. The van der Waals surface area contributed by atoms with Gasteiger partial charge in [-0.05, 0) is 24.0 Å². The highest BCUT2D eigenvalue weighted by molar-refractivity contribution is 5.61. The molecule has 0 fully saturated rings. The predicted octanol–water partition coefficient (Wildman–Crippen LogP) is 7.27. The second-order valence-corrected chi connectivity index (χ2v) is 6.81. The molecule has 0 spiro atoms. The van der Waals surface area contributed by atoms with Crippen LogP contribution < -0.4 is 5.32 Å². The van der Waals surface area contributed by atoms with Crippen molar-refractivity contribution in [3.8, 4) is 0 Å². The molecule has 22 heavy (non-hydrogen) atoms. The molecule has 0 bridgehead atoms. The summed E-state index contributed by atoms with van der Waals surface area (Å²) in [6, 6.07) is 9.22. The van der Waals surface area contributed by atoms with Crippen LogP contribution in [0.3, 0.4) is 0 Å². The molecule has 0 saturated heterocycles. The summed E-state index contributed by atoms with van der Waals surface area (Å²) in [6.45, 7) is 21.6. The smallest absolute Gasteiger partial charge is 0.0381 e. The monoisotopic (exact) mass is 307 g/mol. The molecule has 1 aromatic rings. The van der Waals surface area contributed by atoms with Crippen LogP contribution in [0.25, 0.3) is 0 Å². The van der Waals surface area contributed by atoms with Gasteiger partial charge in [-0.25, -0.2) is 0 Å². The summed E-state index contributed by atoms with van der Waals surface area (Å²) in [5.74, 6) is 0.833. The maximum atomic E-state index is 3.57. The Labute approximate surface area is 140 Å². The lowest BCUT2D eigenvalue weighted by atomic mass is 9.80. The van der Waals surface area contributed by atoms with Crippen molar-refractivity contribution in [2.24, 2.45) is 5.92 Å². The number of rotatable bonds is 1. The number of fused-ring (bicyclic) bond motifs is 1. The van der Waals surface area contributed by atoms with Crippen LogP contribution in [-0.2, 0) is 5.41 Å². The average Bonchev–Trinajstić information content (AvgIpc) is 2.73. The fourth-order valence-electron chi connectivity index (χ4n) is 2.34. The van der Waals surface area contributed by atoms with Gasteiger partial charge in [-0.1, -0.05) is 93.9 Å². The highest BCUT2D eigenvalue weighted by Crippen LogP contribution is 2.41. The molecule has 2 rings (SSSR count). The van der Waals surface area contributed by atoms with E-state index in [-0.39, 0.29) is 5.41 Å². The summed E-state index contributed by atoms with van der Waals surface area (Å²) in [7, 11) is 0. The largest absolute Gasteiger partial charge is 0.381 e. The van der Waals surface area contributed by atoms with Crippen molar-refractivity contribution in [3.05, 3.63) is 29.8 Å². The van der Waals surface area contributed by atoms with E-state index in [4.69, 9.17) is 0 Å². The zero-order chi connectivity index (χ0) is 17.8. The first-order valence-corrected chi connectivity index (χ1v) is 9.17. The van der Waals surface area contributed by atoms with Crippen LogP contribution in [0.4, 0.5) is 5.69 Å². The SMILES string of the molecule is CC.CC(C)C.CCC.CCC1Nc2ccccc2C1(C)C. The topological polar surface area (TPSA) is 12.0 Å². The van der Waals surface area contributed by atoms with Gasteiger partial charge in [-0.15, -0.1) is 0 Å². The van der Waals surface area contributed by atoms with E-state index in [2.05, 4.69) is 85.0 Å². The molecule has 1 N–H and O–H groups in total. The van der Waals surface area contributed by atoms with Gasteiger partial charge in [0.25, 0.3) is 0 Å². The molecular weight excluding hydrogens is 266 g/mol. The van der Waals surface area contributed by atoms with Crippen LogP contribution in [0.2, 0.25) is 0 Å². The van der Waals surface area contributed by atoms with E-state index in [0.29, 0.717) is 6.04 Å². The Morgan fingerprint density at radius 3 is 1.77 bits per heavy atom. The Bertz CT molecular complexity index is 363. The van der Waals surface area contributed by atoms with E-state index < -0.39 is 0 Å². The zero-order valence-corrected chi connectivity index (χ0v) is 16.9. The lowest BCUT2D eigenvalue weighted by Crippen LogP contribution is -2.32. The molecule has 1 heteroatoms. The minimum atomic E-state index is 0.283. The molecule has 0 aliphatic carbocycles. The molecule has 0 amide bonds. The van der Waals surface area contributed by atoms with E-state index in [1.807, 2.05) is 13.8 Å². The molecule has 1 heterocycles. The van der Waals surface area contributed by atoms with Crippen molar-refractivity contribution in [1.29, 1.82) is 0 Å². The Hall–Kier alpha value is -0.980. The number of anilines is 1. The van der Waals surface area contributed by atoms with Crippen molar-refractivity contribution in [2.45, 2.75) is 93.5 Å². The summed E-state index contributed by atoms with van der Waals surface area (Å²) in [5.41, 5.74) is 3.06. The second-order valence-electron chi connectivity index (χ2n) is 6.81. The lowest BCUT2D eigenvalue weighted by Gasteiger charge is -2.26. The second kappa shape index (κ2) is 12.6. The summed E-state index contributed by atoms with van der Waals surface area (Å²) in [5, 5.41) is 3.57. The quantitative estimate of drug-likeness (QED) is 0.575. The van der Waals surface area contributed by atoms with E-state index >= 15 is 0 Å². The first kappa shape index (κ1) is 23.3. The van der Waals surface area contributed by atoms with Crippen LogP contribution in [-0.4, -0.2) is 6.04 Å². The van der Waals surface area contributed by atoms with E-state index in [9.17, 15) is 0 Å². The van der Waals surface area contributed by atoms with Gasteiger partial charge >= 0.3 is 0 Å². The average molecular weight is 308 g/mol. The third-order valence-corrected chi connectivity index (χ3v) is 3.23. The molecule has 1 aromatic carbocycles. The van der Waals surface area contributed by atoms with Crippen LogP contribution in [0.15, 0.2) is 24.3 Å². The van der Waals surface area contributed by atoms with Gasteiger partial charge in [-0.2, -0.15) is 0 Å². The molecule has 1 atom stereocenters. The summed E-state index contributed by atoms with van der Waals surface area (Å²) >= 11 is 0. The van der Waals surface area contributed by atoms with Crippen molar-refractivity contribution in [2.75, 3.05) is 5.32 Å². The maximum Gasteiger partial charge on any atom is 0.0381 e. The van der Waals surface area contributed by atoms with Crippen LogP contribution in [0, 0.1) is 5.92 Å². The first-order valence-electron chi connectivity index (χ1n) is 9.17. The standard InChI is InChI=1S/C12H17N.C4H10.C3H8.C2H6/c1-4-11-12(2,3)9-7-5-6-8-10(9)13-11;1-4(2)3;1-3-2;1-2/h5-8,11,13H,4H2,1-3H3;4H,1-3H3;3H2,1-2H3;1-2H3. The van der Waals surface area contributed by atoms with Crippen LogP contribution in [0.5, 0.6) is 0 Å². The molecular formula is C21H41N. The molecule has 1 unspecified atom stereocenters. The highest BCUT2D eigenvalue weighted by Gasteiger charge is 2.37. The number of nitrogens with one attached hydrogen (secondary N) is 1. The fourth-order valence-corrected chi connectivity index (χ4v) is 2.34. The lowest BCUT2D eigenvalue weighted by molar-refractivity contribution is 0.450. The Balaban J connectivity index is 0. The van der Waals surface area contributed by atoms with Crippen molar-refractivity contribution in [1.82, 2.24) is 0 Å². The van der Waals surface area contributed by atoms with Gasteiger partial charge in [0.05, 0.1) is 0 Å². The summed E-state index contributed by atoms with van der Waals surface area (Å²) in [4.78, 5) is 0. The predicted molar refractivity (Wildman–Crippen MR) is 105 cm³/mol. The van der Waals surface area contributed by atoms with E-state index in [1.54, 1.807) is 0 Å². The molecule has 1 aliphatic heterocycles. The summed E-state index contributed by atoms with van der Waals surface area (Å²) < 4.78 is 0. The van der Waals surface area contributed by atoms with Crippen LogP contribution in [0.1, 0.15) is 87.6 Å². The molecule has 0 saturated carbocycles. The van der Waals surface area contributed by atoms with E-state index in [0.717, 1.165) is 5.92 Å². The Morgan fingerprint density at radius 2 is 1.41 bits per heavy atom. The van der Waals surface area contributed by atoms with Gasteiger partial charge < -0.3 is 5.32 Å². The third-order valence-electron chi connectivity index (χ3n) is 3.23. The minimum absolute atomic E-state index is 0.283. The number of para-hydroxylation sites is 1. The first-order chi connectivity index (χ1) is 10.3. The van der Waals surface area contributed by atoms with Gasteiger partial charge in [0.2, 0.25) is 0 Å². The maximum absolute atomic E-state index is 3.57. The number of hydrogen-bond acceptors (Lipinski definition) is 1. The van der Waals surface area contributed by atoms with Crippen molar-refractivity contribution in [3.63, 3.8) is 0 Å². The Morgan fingerprint density at radius 1 is 1.00 bits per heavy atom. The van der Waals surface area contributed by atoms with Crippen LogP contribution >= 0.6 is 0 Å². The summed E-state index contributed by atoms with van der Waals surface area (Å²) in [6.07, 6.45) is 2.43. The minimum Gasteiger partial charge on any atom is -0.381 e. The number of benzene rings is 1. The zero-order valence-electron chi connectivity index (χ0n) is 16.9. The van der Waals surface area contributed by atoms with E-state index in [1.165, 1.54) is 24.1 Å². The van der Waals surface area contributed by atoms with Crippen molar-refractivity contribution >= 4 is 5.69 Å².